The number of hydrogen-bond acceptors (Lipinski definition) is 3. The molecular weight excluding hydrogens is 335 g/mol. The summed E-state index contributed by atoms with van der Waals surface area (Å²) in [4.78, 5) is 15.9. The number of nitrogens with one attached hydrogen (secondary N) is 1. The van der Waals surface area contributed by atoms with Gasteiger partial charge in [-0.1, -0.05) is 0 Å². The fourth-order valence-electron chi connectivity index (χ4n) is 1.20. The number of rotatable bonds is 2. The minimum Gasteiger partial charge on any atom is -0.321 e. The van der Waals surface area contributed by atoms with Crippen LogP contribution in [0.2, 0.25) is 0 Å². The summed E-state index contributed by atoms with van der Waals surface area (Å²) in [6.45, 7) is 1.88. The quantitative estimate of drug-likeness (QED) is 0.850. The summed E-state index contributed by atoms with van der Waals surface area (Å²) in [6.07, 6.45) is 0. The van der Waals surface area contributed by atoms with Gasteiger partial charge < -0.3 is 5.32 Å². The van der Waals surface area contributed by atoms with Crippen molar-refractivity contribution in [1.29, 1.82) is 0 Å². The van der Waals surface area contributed by atoms with Crippen LogP contribution in [0.15, 0.2) is 29.6 Å². The van der Waals surface area contributed by atoms with Crippen molar-refractivity contribution < 1.29 is 4.79 Å². The van der Waals surface area contributed by atoms with E-state index in [1.165, 1.54) is 11.3 Å². The van der Waals surface area contributed by atoms with Crippen LogP contribution in [-0.4, -0.2) is 10.9 Å². The Balaban J connectivity index is 2.10. The van der Waals surface area contributed by atoms with Gasteiger partial charge in [0.2, 0.25) is 0 Å². The number of halogens is 1. The van der Waals surface area contributed by atoms with Crippen molar-refractivity contribution in [3.8, 4) is 0 Å². The lowest BCUT2D eigenvalue weighted by Crippen LogP contribution is -2.12. The average Bonchev–Trinajstić information content (AvgIpc) is 2.68. The minimum absolute atomic E-state index is 0.162. The molecule has 2 rings (SSSR count). The maximum atomic E-state index is 11.7. The van der Waals surface area contributed by atoms with E-state index in [0.717, 1.165) is 14.3 Å². The van der Waals surface area contributed by atoms with E-state index < -0.39 is 0 Å². The molecule has 2 aromatic rings. The van der Waals surface area contributed by atoms with Crippen molar-refractivity contribution in [2.45, 2.75) is 6.92 Å². The molecular formula is C11H9IN2OS. The number of thiazole rings is 1. The first-order valence-electron chi connectivity index (χ1n) is 4.64. The van der Waals surface area contributed by atoms with Gasteiger partial charge in [-0.2, -0.15) is 0 Å². The highest BCUT2D eigenvalue weighted by atomic mass is 127. The second-order valence-electron chi connectivity index (χ2n) is 3.21. The van der Waals surface area contributed by atoms with Gasteiger partial charge in [0, 0.05) is 14.6 Å². The van der Waals surface area contributed by atoms with Crippen LogP contribution < -0.4 is 5.32 Å². The number of anilines is 1. The number of hydrogen-bond donors (Lipinski definition) is 1. The third kappa shape index (κ3) is 2.79. The molecule has 0 aliphatic carbocycles. The number of aryl methyl sites for hydroxylation is 1. The van der Waals surface area contributed by atoms with E-state index in [1.54, 1.807) is 5.38 Å². The van der Waals surface area contributed by atoms with Gasteiger partial charge in [0.1, 0.15) is 5.69 Å². The molecule has 1 aromatic heterocycles. The molecule has 82 valence electrons. The highest BCUT2D eigenvalue weighted by molar-refractivity contribution is 14.1. The highest BCUT2D eigenvalue weighted by Gasteiger charge is 2.08. The summed E-state index contributed by atoms with van der Waals surface area (Å²) in [6, 6.07) is 7.64. The van der Waals surface area contributed by atoms with Crippen LogP contribution in [0.1, 0.15) is 15.5 Å². The van der Waals surface area contributed by atoms with E-state index in [0.29, 0.717) is 5.69 Å². The standard InChI is InChI=1S/C11H9IN2OS/c1-7-13-10(6-16-7)11(15)14-9-4-2-8(12)3-5-9/h2-6H,1H3,(H,14,15). The molecule has 0 aliphatic heterocycles. The zero-order valence-electron chi connectivity index (χ0n) is 8.53. The Bertz CT molecular complexity index is 507. The molecule has 0 saturated heterocycles. The third-order valence-corrected chi connectivity index (χ3v) is 3.45. The molecule has 0 bridgehead atoms. The van der Waals surface area contributed by atoms with Gasteiger partial charge in [0.05, 0.1) is 5.01 Å². The first kappa shape index (κ1) is 11.5. The molecule has 3 nitrogen and oxygen atoms in total. The van der Waals surface area contributed by atoms with E-state index in [-0.39, 0.29) is 5.91 Å². The Morgan fingerprint density at radius 1 is 1.38 bits per heavy atom. The van der Waals surface area contributed by atoms with Crippen molar-refractivity contribution >= 4 is 45.5 Å². The molecule has 16 heavy (non-hydrogen) atoms. The Morgan fingerprint density at radius 2 is 2.06 bits per heavy atom. The number of carbonyl (C=O) groups is 1. The van der Waals surface area contributed by atoms with Gasteiger partial charge >= 0.3 is 0 Å². The molecule has 1 N–H and O–H groups in total. The SMILES string of the molecule is Cc1nc(C(=O)Nc2ccc(I)cc2)cs1. The Labute approximate surface area is 111 Å². The molecule has 0 saturated carbocycles. The van der Waals surface area contributed by atoms with Crippen LogP contribution in [0.25, 0.3) is 0 Å². The first-order chi connectivity index (χ1) is 7.65. The number of nitrogens with zero attached hydrogens (tertiary/aromatic N) is 1. The predicted octanol–water partition coefficient (Wildman–Crippen LogP) is 3.31. The van der Waals surface area contributed by atoms with E-state index >= 15 is 0 Å². The van der Waals surface area contributed by atoms with E-state index in [4.69, 9.17) is 0 Å². The molecule has 0 radical (unpaired) electrons. The normalized spacial score (nSPS) is 10.1. The van der Waals surface area contributed by atoms with Gasteiger partial charge in [-0.05, 0) is 53.8 Å². The van der Waals surface area contributed by atoms with E-state index in [1.807, 2.05) is 31.2 Å². The zero-order chi connectivity index (χ0) is 11.5. The van der Waals surface area contributed by atoms with Gasteiger partial charge in [0.15, 0.2) is 0 Å². The summed E-state index contributed by atoms with van der Waals surface area (Å²) in [7, 11) is 0. The van der Waals surface area contributed by atoms with Crippen LogP contribution >= 0.6 is 33.9 Å². The van der Waals surface area contributed by atoms with Crippen LogP contribution in [-0.2, 0) is 0 Å². The summed E-state index contributed by atoms with van der Waals surface area (Å²) < 4.78 is 1.14. The molecule has 0 unspecified atom stereocenters. The Kier molecular flexibility index (Phi) is 3.55. The number of amides is 1. The average molecular weight is 344 g/mol. The Hall–Kier alpha value is -0.950. The summed E-state index contributed by atoms with van der Waals surface area (Å²) in [5, 5.41) is 5.46. The molecule has 1 aromatic carbocycles. The van der Waals surface area contributed by atoms with Crippen LogP contribution in [0.3, 0.4) is 0 Å². The Morgan fingerprint density at radius 3 is 2.62 bits per heavy atom. The number of benzene rings is 1. The second-order valence-corrected chi connectivity index (χ2v) is 5.52. The van der Waals surface area contributed by atoms with Gasteiger partial charge in [-0.15, -0.1) is 11.3 Å². The van der Waals surface area contributed by atoms with Gasteiger partial charge in [0.25, 0.3) is 5.91 Å². The van der Waals surface area contributed by atoms with Crippen LogP contribution in [0.4, 0.5) is 5.69 Å². The predicted molar refractivity (Wildman–Crippen MR) is 74.0 cm³/mol. The smallest absolute Gasteiger partial charge is 0.275 e. The summed E-state index contributed by atoms with van der Waals surface area (Å²) >= 11 is 3.69. The van der Waals surface area contributed by atoms with Crippen molar-refractivity contribution in [3.05, 3.63) is 43.9 Å². The molecule has 0 aliphatic rings. The lowest BCUT2D eigenvalue weighted by atomic mass is 10.3. The first-order valence-corrected chi connectivity index (χ1v) is 6.60. The number of aromatic nitrogens is 1. The fraction of sp³-hybridized carbons (Fsp3) is 0.0909. The van der Waals surface area contributed by atoms with Gasteiger partial charge in [-0.25, -0.2) is 4.98 Å². The molecule has 5 heteroatoms. The lowest BCUT2D eigenvalue weighted by Gasteiger charge is -2.02. The van der Waals surface area contributed by atoms with E-state index in [9.17, 15) is 4.79 Å². The molecule has 1 amide bonds. The highest BCUT2D eigenvalue weighted by Crippen LogP contribution is 2.13. The summed E-state index contributed by atoms with van der Waals surface area (Å²) in [5.41, 5.74) is 1.26. The maximum Gasteiger partial charge on any atom is 0.275 e. The van der Waals surface area contributed by atoms with E-state index in [2.05, 4.69) is 32.9 Å². The summed E-state index contributed by atoms with van der Waals surface area (Å²) in [5.74, 6) is -0.162. The maximum absolute atomic E-state index is 11.7. The largest absolute Gasteiger partial charge is 0.321 e. The topological polar surface area (TPSA) is 42.0 Å². The van der Waals surface area contributed by atoms with Crippen molar-refractivity contribution in [2.24, 2.45) is 0 Å². The molecule has 0 atom stereocenters. The minimum atomic E-state index is -0.162. The fourth-order valence-corrected chi connectivity index (χ4v) is 2.15. The van der Waals surface area contributed by atoms with Crippen LogP contribution in [0, 0.1) is 10.5 Å². The van der Waals surface area contributed by atoms with Crippen molar-refractivity contribution in [1.82, 2.24) is 4.98 Å². The zero-order valence-corrected chi connectivity index (χ0v) is 11.5. The molecule has 1 heterocycles. The van der Waals surface area contributed by atoms with Crippen molar-refractivity contribution in [2.75, 3.05) is 5.32 Å². The third-order valence-electron chi connectivity index (χ3n) is 1.95. The van der Waals surface area contributed by atoms with Crippen LogP contribution in [0.5, 0.6) is 0 Å². The van der Waals surface area contributed by atoms with Crippen molar-refractivity contribution in [3.63, 3.8) is 0 Å². The number of carbonyl (C=O) groups excluding carboxylic acids is 1. The lowest BCUT2D eigenvalue weighted by molar-refractivity contribution is 0.102. The molecule has 0 spiro atoms. The second kappa shape index (κ2) is 4.92. The molecule has 0 fully saturated rings. The van der Waals surface area contributed by atoms with Gasteiger partial charge in [-0.3, -0.25) is 4.79 Å². The monoisotopic (exact) mass is 344 g/mol.